The molecule has 0 aliphatic rings. The lowest BCUT2D eigenvalue weighted by Crippen LogP contribution is -2.06. The molecule has 0 unspecified atom stereocenters. The van der Waals surface area contributed by atoms with E-state index in [0.717, 1.165) is 44.6 Å². The number of hydrogen-bond acceptors (Lipinski definition) is 10. The summed E-state index contributed by atoms with van der Waals surface area (Å²) >= 11 is 1.70. The molecule has 22 aromatic rings. The van der Waals surface area contributed by atoms with Crippen molar-refractivity contribution in [2.45, 2.75) is 0 Å². The van der Waals surface area contributed by atoms with E-state index in [1.54, 1.807) is 72.8 Å². The van der Waals surface area contributed by atoms with E-state index < -0.39 is 199 Å². The molecule has 0 spiro atoms. The van der Waals surface area contributed by atoms with Crippen LogP contribution in [0.25, 0.3) is 208 Å². The predicted molar refractivity (Wildman–Crippen MR) is 421 cm³/mol. The minimum absolute atomic E-state index is 0.0234. The summed E-state index contributed by atoms with van der Waals surface area (Å²) < 4.78 is 292. The fourth-order valence-corrected chi connectivity index (χ4v) is 15.1. The van der Waals surface area contributed by atoms with Crippen LogP contribution in [-0.4, -0.2) is 39.0 Å². The average molecular weight is 1370 g/mol. The van der Waals surface area contributed by atoms with Crippen LogP contribution in [0.15, 0.2) is 324 Å². The molecule has 0 saturated carbocycles. The van der Waals surface area contributed by atoms with Crippen molar-refractivity contribution in [3.8, 4) is 79.7 Å². The van der Waals surface area contributed by atoms with Crippen LogP contribution < -0.4 is 0 Å². The molecule has 0 N–H and O–H groups in total. The van der Waals surface area contributed by atoms with Gasteiger partial charge in [-0.05, 0) is 94.8 Å². The molecule has 14 aromatic carbocycles. The zero-order chi connectivity index (χ0) is 93.9. The molecule has 0 amide bonds. The Morgan fingerprint density at radius 1 is 0.275 bits per heavy atom. The first kappa shape index (κ1) is 35.0. The summed E-state index contributed by atoms with van der Waals surface area (Å²) in [7, 11) is 0. The summed E-state index contributed by atoms with van der Waals surface area (Å²) in [5.74, 6) is -1.77. The molecule has 0 aliphatic carbocycles. The second kappa shape index (κ2) is 23.2. The van der Waals surface area contributed by atoms with Crippen molar-refractivity contribution in [3.05, 3.63) is 315 Å². The Morgan fingerprint density at radius 2 is 0.775 bits per heavy atom. The molecule has 8 heterocycles. The number of hydrogen-bond donors (Lipinski definition) is 0. The summed E-state index contributed by atoms with van der Waals surface area (Å²) in [6.07, 6.45) is 0. The number of fused-ring (bicyclic) bond motifs is 20. The van der Waals surface area contributed by atoms with Crippen molar-refractivity contribution in [1.82, 2.24) is 39.0 Å². The lowest BCUT2D eigenvalue weighted by molar-refractivity contribution is 0.668. The SMILES string of the molecule is [2H]c1c([2H])c(-c2ccccc2)c2c(oc3c([2H])c(-c4nc(-c5ccccc5)nc(-n5c6c([2H])c([2H])c([2H])c([2H])c6c6c([2H])c([2H])c7sc8c([2H])c([2H])c([2H])c([2H])c8c7c65)n4)c([2H])c([2H])c32)c1[2H].[2H]c1c([2H])c([2H])c(-c2nc(-c3ccc4c(c3)oc3cccc(-c5ccccc5)c34)nc(-n3c4c([2H])c([2H])c([2H])c([2H])c4c4c([2H])c([2H])c5sc6c([2H])c([2H])c([2H])c([2H])c6c5c43)n2)c([2H])c1[2H]. The molecule has 0 aliphatic heterocycles. The summed E-state index contributed by atoms with van der Waals surface area (Å²) in [6, 6.07) is 20.9. The van der Waals surface area contributed by atoms with E-state index in [4.69, 9.17) is 68.9 Å². The summed E-state index contributed by atoms with van der Waals surface area (Å²) in [5, 5.41) is 0.875. The highest BCUT2D eigenvalue weighted by atomic mass is 32.1. The minimum Gasteiger partial charge on any atom is -0.456 e. The first-order valence-electron chi connectivity index (χ1n) is 46.9. The van der Waals surface area contributed by atoms with Crippen molar-refractivity contribution in [1.29, 1.82) is 0 Å². The fourth-order valence-electron chi connectivity index (χ4n) is 13.2. The number of furan rings is 2. The van der Waals surface area contributed by atoms with Crippen LogP contribution in [0.1, 0.15) is 42.5 Å². The molecular weight excluding hydrogens is 1290 g/mol. The van der Waals surface area contributed by atoms with E-state index in [-0.39, 0.29) is 146 Å². The first-order valence-corrected chi connectivity index (χ1v) is 33.0. The lowest BCUT2D eigenvalue weighted by Gasteiger charge is -2.11. The molecule has 0 bridgehead atoms. The number of aromatic nitrogens is 8. The van der Waals surface area contributed by atoms with Crippen LogP contribution in [0.3, 0.4) is 0 Å². The smallest absolute Gasteiger partial charge is 0.238 e. The maximum atomic E-state index is 9.63. The van der Waals surface area contributed by atoms with Crippen LogP contribution in [-0.2, 0) is 0 Å². The molecule has 10 nitrogen and oxygen atoms in total. The van der Waals surface area contributed by atoms with Gasteiger partial charge in [0.05, 0.1) is 64.6 Å². The van der Waals surface area contributed by atoms with E-state index in [0.29, 0.717) is 27.9 Å². The van der Waals surface area contributed by atoms with Gasteiger partial charge >= 0.3 is 0 Å². The van der Waals surface area contributed by atoms with Crippen molar-refractivity contribution in [3.63, 3.8) is 0 Å². The van der Waals surface area contributed by atoms with Crippen LogP contribution in [0, 0.1) is 0 Å². The number of thiophene rings is 2. The van der Waals surface area contributed by atoms with Crippen molar-refractivity contribution in [2.24, 2.45) is 0 Å². The number of nitrogens with zero attached hydrogens (tertiary/aromatic N) is 8. The lowest BCUT2D eigenvalue weighted by atomic mass is 9.99. The molecule has 8 aromatic heterocycles. The van der Waals surface area contributed by atoms with Gasteiger partial charge in [-0.1, -0.05) is 242 Å². The third kappa shape index (κ3) is 9.24. The van der Waals surface area contributed by atoms with Gasteiger partial charge in [0, 0.05) is 106 Å². The largest absolute Gasteiger partial charge is 0.456 e. The minimum atomic E-state index is -0.680. The zero-order valence-electron chi connectivity index (χ0n) is 82.8. The quantitative estimate of drug-likeness (QED) is 0.148. The van der Waals surface area contributed by atoms with E-state index in [2.05, 4.69) is 0 Å². The van der Waals surface area contributed by atoms with E-state index in [1.807, 2.05) is 54.6 Å². The Bertz CT molecular complexity index is 9090. The van der Waals surface area contributed by atoms with E-state index in [1.165, 1.54) is 9.13 Å². The molecule has 0 radical (unpaired) electrons. The van der Waals surface area contributed by atoms with Crippen LogP contribution >= 0.6 is 22.7 Å². The van der Waals surface area contributed by atoms with Gasteiger partial charge < -0.3 is 8.83 Å². The van der Waals surface area contributed by atoms with Crippen molar-refractivity contribution >= 4 is 151 Å². The number of benzene rings is 14. The molecule has 476 valence electrons. The van der Waals surface area contributed by atoms with Crippen molar-refractivity contribution in [2.75, 3.05) is 0 Å². The number of para-hydroxylation sites is 2. The third-order valence-electron chi connectivity index (χ3n) is 17.5. The maximum absolute atomic E-state index is 9.63. The van der Waals surface area contributed by atoms with Crippen LogP contribution in [0.5, 0.6) is 0 Å². The second-order valence-electron chi connectivity index (χ2n) is 23.3. The van der Waals surface area contributed by atoms with Gasteiger partial charge in [-0.15, -0.1) is 22.7 Å². The highest BCUT2D eigenvalue weighted by Gasteiger charge is 2.25. The van der Waals surface area contributed by atoms with Crippen LogP contribution in [0.4, 0.5) is 0 Å². The Labute approximate surface area is 633 Å². The number of rotatable bonds is 8. The van der Waals surface area contributed by atoms with Crippen LogP contribution in [0.2, 0.25) is 0 Å². The van der Waals surface area contributed by atoms with E-state index in [9.17, 15) is 12.3 Å². The van der Waals surface area contributed by atoms with Gasteiger partial charge in [0.25, 0.3) is 0 Å². The Kier molecular flexibility index (Phi) is 7.95. The predicted octanol–water partition coefficient (Wildman–Crippen LogP) is 24.5. The third-order valence-corrected chi connectivity index (χ3v) is 19.6. The summed E-state index contributed by atoms with van der Waals surface area (Å²) in [6.45, 7) is 0. The van der Waals surface area contributed by atoms with Gasteiger partial charge in [0.15, 0.2) is 23.3 Å². The molecule has 0 saturated heterocycles. The molecule has 0 fully saturated rings. The average Bonchev–Trinajstić information content (AvgIpc) is 1.53. The highest BCUT2D eigenvalue weighted by molar-refractivity contribution is 7.26. The Morgan fingerprint density at radius 3 is 1.39 bits per heavy atom. The van der Waals surface area contributed by atoms with Gasteiger partial charge in [-0.2, -0.15) is 19.9 Å². The van der Waals surface area contributed by atoms with Gasteiger partial charge in [-0.3, -0.25) is 9.13 Å². The first-order chi connectivity index (χ1) is 63.5. The van der Waals surface area contributed by atoms with Gasteiger partial charge in [-0.25, -0.2) is 9.97 Å². The molecule has 22 rings (SSSR count). The normalized spacial score (nSPS) is 16.2. The topological polar surface area (TPSA) is 113 Å². The second-order valence-corrected chi connectivity index (χ2v) is 25.3. The standard InChI is InChI=1S/2C45H26N4OS/c2*1-3-12-27(13-4-1)30-18-11-20-36-40(30)33-23-22-29(26-37(33)50-36)44-46-43(28-14-5-2-6-15-28)47-45(48-44)49-35-19-9-7-16-31(35)32-24-25-39-41(42(32)49)34-17-8-10-21-38(34)51-39/h2*1-26H/i7D,8D,9D,10D,11D,16D,17D,18D,19D,20D,21D,22D,23D,24D,25D,26D;2D,5D,6D,7D,8D,9D,10D,14D,15D,16D,17D,19D,21D,24D,25D. The fraction of sp³-hybridized carbons (Fsp3) is 0. The van der Waals surface area contributed by atoms with E-state index >= 15 is 0 Å². The maximum Gasteiger partial charge on any atom is 0.238 e. The Hall–Kier alpha value is -13.3. The molecular formula is C90H52N8O2S2. The summed E-state index contributed by atoms with van der Waals surface area (Å²) in [5.41, 5.74) is 2.33. The molecule has 0 atom stereocenters. The zero-order valence-corrected chi connectivity index (χ0v) is 53.5. The highest BCUT2D eigenvalue weighted by Crippen LogP contribution is 2.47. The monoisotopic (exact) mass is 1370 g/mol. The Balaban J connectivity index is 0.000000160. The molecule has 102 heavy (non-hydrogen) atoms. The van der Waals surface area contributed by atoms with Gasteiger partial charge in [0.2, 0.25) is 11.9 Å². The molecule has 12 heteroatoms. The van der Waals surface area contributed by atoms with Gasteiger partial charge in [0.1, 0.15) is 22.3 Å². The van der Waals surface area contributed by atoms with Crippen molar-refractivity contribution < 1.29 is 51.3 Å². The summed E-state index contributed by atoms with van der Waals surface area (Å²) in [4.78, 5) is 28.6.